The number of benzene rings is 3. The summed E-state index contributed by atoms with van der Waals surface area (Å²) >= 11 is 1.54. The van der Waals surface area contributed by atoms with Crippen molar-refractivity contribution in [2.75, 3.05) is 0 Å². The first-order valence-electron chi connectivity index (χ1n) is 10.0. The summed E-state index contributed by atoms with van der Waals surface area (Å²) in [4.78, 5) is 21.1. The number of pyridine rings is 1. The molecule has 5 nitrogen and oxygen atoms in total. The lowest BCUT2D eigenvalue weighted by molar-refractivity contribution is -0.384. The molecule has 2 aromatic heterocycles. The lowest BCUT2D eigenvalue weighted by atomic mass is 10.00. The third-order valence-corrected chi connectivity index (χ3v) is 5.97. The van der Waals surface area contributed by atoms with Crippen LogP contribution in [-0.2, 0) is 0 Å². The van der Waals surface area contributed by atoms with Gasteiger partial charge in [-0.1, -0.05) is 72.8 Å². The van der Waals surface area contributed by atoms with Crippen molar-refractivity contribution >= 4 is 39.1 Å². The lowest BCUT2D eigenvalue weighted by Crippen LogP contribution is -1.89. The van der Waals surface area contributed by atoms with E-state index in [-0.39, 0.29) is 5.69 Å². The van der Waals surface area contributed by atoms with Crippen LogP contribution in [0.2, 0.25) is 0 Å². The highest BCUT2D eigenvalue weighted by Crippen LogP contribution is 2.40. The van der Waals surface area contributed by atoms with E-state index in [2.05, 4.69) is 35.3 Å². The van der Waals surface area contributed by atoms with E-state index in [1.165, 1.54) is 12.1 Å². The largest absolute Gasteiger partial charge is 0.270 e. The number of fused-ring (bicyclic) bond motifs is 1. The molecule has 0 amide bonds. The van der Waals surface area contributed by atoms with Gasteiger partial charge in [0.25, 0.3) is 5.69 Å². The Kier molecular flexibility index (Phi) is 5.27. The van der Waals surface area contributed by atoms with Crippen LogP contribution in [0.3, 0.4) is 0 Å². The molecule has 154 valence electrons. The van der Waals surface area contributed by atoms with Crippen LogP contribution < -0.4 is 0 Å². The van der Waals surface area contributed by atoms with Crippen LogP contribution in [0.4, 0.5) is 11.4 Å². The monoisotopic (exact) mass is 435 g/mol. The van der Waals surface area contributed by atoms with Crippen molar-refractivity contribution in [3.05, 3.63) is 112 Å². The molecule has 0 aliphatic carbocycles. The van der Waals surface area contributed by atoms with Gasteiger partial charge in [-0.2, -0.15) is 0 Å². The van der Waals surface area contributed by atoms with E-state index in [0.717, 1.165) is 38.3 Å². The zero-order valence-corrected chi connectivity index (χ0v) is 17.7. The first-order valence-corrected chi connectivity index (χ1v) is 10.9. The Balaban J connectivity index is 1.65. The van der Waals surface area contributed by atoms with Crippen LogP contribution in [0.25, 0.3) is 32.6 Å². The topological polar surface area (TPSA) is 68.4 Å². The van der Waals surface area contributed by atoms with Crippen molar-refractivity contribution in [2.24, 2.45) is 4.99 Å². The maximum absolute atomic E-state index is 11.1. The quantitative estimate of drug-likeness (QED) is 0.165. The summed E-state index contributed by atoms with van der Waals surface area (Å²) in [5.41, 5.74) is 5.62. The molecule has 6 heteroatoms. The van der Waals surface area contributed by atoms with Crippen molar-refractivity contribution < 1.29 is 4.92 Å². The average molecular weight is 436 g/mol. The molecule has 32 heavy (non-hydrogen) atoms. The van der Waals surface area contributed by atoms with Gasteiger partial charge in [0.1, 0.15) is 4.83 Å². The molecule has 0 saturated carbocycles. The predicted octanol–water partition coefficient (Wildman–Crippen LogP) is 7.29. The van der Waals surface area contributed by atoms with Crippen LogP contribution in [0.1, 0.15) is 5.56 Å². The smallest absolute Gasteiger partial charge is 0.258 e. The van der Waals surface area contributed by atoms with Crippen molar-refractivity contribution in [1.82, 2.24) is 4.98 Å². The summed E-state index contributed by atoms with van der Waals surface area (Å²) < 4.78 is 0. The molecule has 3 aromatic carbocycles. The van der Waals surface area contributed by atoms with Gasteiger partial charge in [0, 0.05) is 34.7 Å². The zero-order chi connectivity index (χ0) is 21.9. The molecule has 5 rings (SSSR count). The molecule has 0 aliphatic rings. The fraction of sp³-hybridized carbons (Fsp3) is 0. The molecule has 0 unspecified atom stereocenters. The standard InChI is InChI=1S/C26H17N3O2S/c30-29(31)21-13-7-8-18(14-21)16-27-24-17-32-26-25(24)22(19-9-3-1-4-10-19)15-23(28-26)20-11-5-2-6-12-20/h1-17H. The van der Waals surface area contributed by atoms with Gasteiger partial charge in [0.2, 0.25) is 0 Å². The fourth-order valence-electron chi connectivity index (χ4n) is 3.58. The molecule has 0 atom stereocenters. The third-order valence-electron chi connectivity index (χ3n) is 5.11. The first kappa shape index (κ1) is 19.8. The minimum atomic E-state index is -0.403. The van der Waals surface area contributed by atoms with E-state index in [1.807, 2.05) is 41.8 Å². The first-order chi connectivity index (χ1) is 15.7. The second kappa shape index (κ2) is 8.53. The van der Waals surface area contributed by atoms with E-state index in [1.54, 1.807) is 29.7 Å². The maximum atomic E-state index is 11.1. The summed E-state index contributed by atoms with van der Waals surface area (Å²) in [6, 6.07) is 28.8. The molecular formula is C26H17N3O2S. The maximum Gasteiger partial charge on any atom is 0.270 e. The molecule has 0 aliphatic heterocycles. The fourth-order valence-corrected chi connectivity index (χ4v) is 4.47. The van der Waals surface area contributed by atoms with Gasteiger partial charge in [-0.15, -0.1) is 11.3 Å². The Bertz CT molecular complexity index is 1440. The number of thiophene rings is 1. The number of nitro groups is 1. The van der Waals surface area contributed by atoms with Gasteiger partial charge < -0.3 is 0 Å². The van der Waals surface area contributed by atoms with Gasteiger partial charge in [-0.3, -0.25) is 15.1 Å². The van der Waals surface area contributed by atoms with E-state index >= 15 is 0 Å². The molecule has 0 saturated heterocycles. The summed E-state index contributed by atoms with van der Waals surface area (Å²) in [5.74, 6) is 0. The van der Waals surface area contributed by atoms with Crippen LogP contribution >= 0.6 is 11.3 Å². The van der Waals surface area contributed by atoms with E-state index in [0.29, 0.717) is 5.56 Å². The number of nitro benzene ring substituents is 1. The molecule has 2 heterocycles. The number of non-ortho nitro benzene ring substituents is 1. The number of aromatic nitrogens is 1. The van der Waals surface area contributed by atoms with Crippen LogP contribution in [0.15, 0.2) is 101 Å². The normalized spacial score (nSPS) is 11.2. The summed E-state index contributed by atoms with van der Waals surface area (Å²) in [5, 5.41) is 14.0. The minimum Gasteiger partial charge on any atom is -0.258 e. The Morgan fingerprint density at radius 2 is 1.59 bits per heavy atom. The van der Waals surface area contributed by atoms with Crippen molar-refractivity contribution in [1.29, 1.82) is 0 Å². The highest BCUT2D eigenvalue weighted by atomic mass is 32.1. The summed E-state index contributed by atoms with van der Waals surface area (Å²) in [6.07, 6.45) is 1.66. The Morgan fingerprint density at radius 3 is 2.31 bits per heavy atom. The van der Waals surface area contributed by atoms with E-state index in [9.17, 15) is 10.1 Å². The number of hydrogen-bond acceptors (Lipinski definition) is 5. The van der Waals surface area contributed by atoms with Gasteiger partial charge in [-0.25, -0.2) is 4.98 Å². The molecule has 0 radical (unpaired) electrons. The average Bonchev–Trinajstić information content (AvgIpc) is 3.26. The number of rotatable bonds is 5. The zero-order valence-electron chi connectivity index (χ0n) is 16.9. The van der Waals surface area contributed by atoms with Gasteiger partial charge in [-0.05, 0) is 22.8 Å². The Labute approximate surface area is 188 Å². The predicted molar refractivity (Wildman–Crippen MR) is 131 cm³/mol. The van der Waals surface area contributed by atoms with Crippen molar-refractivity contribution in [3.8, 4) is 22.4 Å². The van der Waals surface area contributed by atoms with E-state index in [4.69, 9.17) is 4.98 Å². The molecule has 5 aromatic rings. The second-order valence-electron chi connectivity index (χ2n) is 7.20. The van der Waals surface area contributed by atoms with Gasteiger partial charge >= 0.3 is 0 Å². The van der Waals surface area contributed by atoms with Gasteiger partial charge in [0.05, 0.1) is 16.3 Å². The Morgan fingerprint density at radius 1 is 0.875 bits per heavy atom. The third kappa shape index (κ3) is 3.91. The highest BCUT2D eigenvalue weighted by Gasteiger charge is 2.14. The number of aliphatic imine (C=N–C) groups is 1. The molecule has 0 spiro atoms. The van der Waals surface area contributed by atoms with Crippen molar-refractivity contribution in [3.63, 3.8) is 0 Å². The van der Waals surface area contributed by atoms with Crippen LogP contribution in [0, 0.1) is 10.1 Å². The van der Waals surface area contributed by atoms with Gasteiger partial charge in [0.15, 0.2) is 0 Å². The lowest BCUT2D eigenvalue weighted by Gasteiger charge is -2.09. The number of hydrogen-bond donors (Lipinski definition) is 0. The van der Waals surface area contributed by atoms with Crippen molar-refractivity contribution in [2.45, 2.75) is 0 Å². The van der Waals surface area contributed by atoms with Crippen LogP contribution in [-0.4, -0.2) is 16.1 Å². The summed E-state index contributed by atoms with van der Waals surface area (Å²) in [7, 11) is 0. The molecular weight excluding hydrogens is 418 g/mol. The van der Waals surface area contributed by atoms with Crippen LogP contribution in [0.5, 0.6) is 0 Å². The second-order valence-corrected chi connectivity index (χ2v) is 8.06. The SMILES string of the molecule is O=[N+]([O-])c1cccc(C=Nc2csc3nc(-c4ccccc4)cc(-c4ccccc4)c23)c1. The molecule has 0 bridgehead atoms. The Hall–Kier alpha value is -4.16. The number of nitrogens with zero attached hydrogens (tertiary/aromatic N) is 3. The molecule has 0 fully saturated rings. The minimum absolute atomic E-state index is 0.0447. The molecule has 0 N–H and O–H groups in total. The highest BCUT2D eigenvalue weighted by molar-refractivity contribution is 7.17. The summed E-state index contributed by atoms with van der Waals surface area (Å²) in [6.45, 7) is 0. The van der Waals surface area contributed by atoms with E-state index < -0.39 is 4.92 Å².